The molecule has 5 nitrogen and oxygen atoms in total. The molecule has 47 heavy (non-hydrogen) atoms. The first kappa shape index (κ1) is 33.9. The maximum absolute atomic E-state index is 11.5. The second-order valence-electron chi connectivity index (χ2n) is 16.9. The summed E-state index contributed by atoms with van der Waals surface area (Å²) in [7, 11) is 0. The van der Waals surface area contributed by atoms with E-state index < -0.39 is 5.97 Å². The van der Waals surface area contributed by atoms with E-state index in [2.05, 4.69) is 40.7 Å². The van der Waals surface area contributed by atoms with Gasteiger partial charge in [0.1, 0.15) is 11.5 Å². The molecule has 0 spiro atoms. The molecule has 0 heterocycles. The zero-order chi connectivity index (χ0) is 33.5. The normalized spacial score (nSPS) is 34.1. The van der Waals surface area contributed by atoms with Gasteiger partial charge in [0, 0.05) is 11.8 Å². The van der Waals surface area contributed by atoms with Crippen LogP contribution in [0.25, 0.3) is 6.08 Å². The van der Waals surface area contributed by atoms with Gasteiger partial charge in [0.2, 0.25) is 0 Å². The van der Waals surface area contributed by atoms with Gasteiger partial charge in [-0.15, -0.1) is 0 Å². The molecule has 9 atom stereocenters. The van der Waals surface area contributed by atoms with Crippen molar-refractivity contribution in [3.63, 3.8) is 0 Å². The van der Waals surface area contributed by atoms with Crippen LogP contribution in [0.2, 0.25) is 0 Å². The number of fused-ring (bicyclic) bond motifs is 5. The summed E-state index contributed by atoms with van der Waals surface area (Å²) < 4.78 is 6.64. The van der Waals surface area contributed by atoms with Gasteiger partial charge in [0.05, 0.1) is 5.69 Å². The molecule has 0 aromatic heterocycles. The van der Waals surface area contributed by atoms with Crippen molar-refractivity contribution in [2.24, 2.45) is 52.3 Å². The fourth-order valence-corrected chi connectivity index (χ4v) is 11.8. The van der Waals surface area contributed by atoms with Gasteiger partial charge in [-0.05, 0) is 157 Å². The number of ether oxygens (including phenoxy) is 1. The second kappa shape index (κ2) is 13.5. The van der Waals surface area contributed by atoms with E-state index in [1.165, 1.54) is 82.3 Å². The highest BCUT2D eigenvalue weighted by Gasteiger charge is 2.62. The molecular weight excluding hydrogens is 580 g/mol. The Bertz CT molecular complexity index is 1470. The summed E-state index contributed by atoms with van der Waals surface area (Å²) in [5.74, 6) is 6.34. The number of nitrogens with two attached hydrogens (primary N) is 2. The highest BCUT2D eigenvalue weighted by atomic mass is 16.5. The molecule has 0 saturated heterocycles. The second-order valence-corrected chi connectivity index (χ2v) is 16.9. The molecule has 256 valence electrons. The van der Waals surface area contributed by atoms with Crippen LogP contribution >= 0.6 is 0 Å². The van der Waals surface area contributed by atoms with Crippen molar-refractivity contribution in [1.82, 2.24) is 0 Å². The van der Waals surface area contributed by atoms with E-state index in [-0.39, 0.29) is 5.41 Å². The van der Waals surface area contributed by atoms with Gasteiger partial charge >= 0.3 is 5.97 Å². The molecule has 4 saturated carbocycles. The average Bonchev–Trinajstić information content (AvgIpc) is 3.38. The van der Waals surface area contributed by atoms with Gasteiger partial charge in [-0.25, -0.2) is 4.79 Å². The Hall–Kier alpha value is -2.95. The van der Waals surface area contributed by atoms with Crippen LogP contribution in [0.3, 0.4) is 0 Å². The number of carbonyl (C=O) groups is 1. The Morgan fingerprint density at radius 1 is 0.936 bits per heavy atom. The number of anilines is 2. The summed E-state index contributed by atoms with van der Waals surface area (Å²) >= 11 is 0. The molecule has 4 fully saturated rings. The van der Waals surface area contributed by atoms with E-state index in [4.69, 9.17) is 16.2 Å². The minimum atomic E-state index is -0.935. The van der Waals surface area contributed by atoms with Crippen molar-refractivity contribution in [2.75, 3.05) is 11.5 Å². The Labute approximate surface area is 283 Å². The summed E-state index contributed by atoms with van der Waals surface area (Å²) in [5.41, 5.74) is 16.3. The monoisotopic (exact) mass is 640 g/mol. The number of hydrogen-bond donors (Lipinski definition) is 3. The van der Waals surface area contributed by atoms with Crippen LogP contribution < -0.4 is 16.2 Å². The molecule has 2 unspecified atom stereocenters. The third kappa shape index (κ3) is 6.45. The number of carboxylic acid groups (broad SMARTS) is 1. The standard InChI is InChI=1S/C42H60N2O3/c1-26(2)8-6-9-27(3)33-17-18-34-31-16-14-29-10-7-11-35(42(29,5)36(31)22-23-41(33,34)4)32-24-28(13-21-40(45)46)12-19-38(32)47-39-20-15-30(43)25-37(39)44/h12-13,15,19-21,24-27,29,31,33-36H,6-11,14,16-18,22-23,43-44H2,1-5H3,(H,45,46)/b21-13+/t27-,29?,31+,33-,34+,35?,36+,41-,42-/m1/s1. The Balaban J connectivity index is 1.33. The van der Waals surface area contributed by atoms with Crippen LogP contribution in [0.5, 0.6) is 11.5 Å². The van der Waals surface area contributed by atoms with E-state index >= 15 is 0 Å². The van der Waals surface area contributed by atoms with Gasteiger partial charge < -0.3 is 21.3 Å². The van der Waals surface area contributed by atoms with Crippen molar-refractivity contribution in [3.05, 3.63) is 53.6 Å². The van der Waals surface area contributed by atoms with E-state index in [1.807, 2.05) is 24.3 Å². The quantitative estimate of drug-likeness (QED) is 0.177. The van der Waals surface area contributed by atoms with Gasteiger partial charge in [-0.2, -0.15) is 0 Å². The summed E-state index contributed by atoms with van der Waals surface area (Å²) in [4.78, 5) is 11.5. The fraction of sp³-hybridized carbons (Fsp3) is 0.643. The fourth-order valence-electron chi connectivity index (χ4n) is 11.8. The number of aliphatic carboxylic acids is 1. The average molecular weight is 641 g/mol. The van der Waals surface area contributed by atoms with Crippen LogP contribution in [0.1, 0.15) is 129 Å². The highest BCUT2D eigenvalue weighted by Crippen LogP contribution is 2.71. The highest BCUT2D eigenvalue weighted by molar-refractivity contribution is 5.85. The molecule has 0 aliphatic heterocycles. The van der Waals surface area contributed by atoms with Gasteiger partial charge in [0.15, 0.2) is 0 Å². The molecule has 5 heteroatoms. The number of nitrogen functional groups attached to an aromatic ring is 2. The zero-order valence-corrected chi connectivity index (χ0v) is 29.6. The van der Waals surface area contributed by atoms with Gasteiger partial charge in [-0.3, -0.25) is 0 Å². The first-order chi connectivity index (χ1) is 22.4. The minimum Gasteiger partial charge on any atom is -0.478 e. The van der Waals surface area contributed by atoms with Crippen LogP contribution in [0.15, 0.2) is 42.5 Å². The Morgan fingerprint density at radius 3 is 2.47 bits per heavy atom. The van der Waals surface area contributed by atoms with Crippen molar-refractivity contribution >= 4 is 23.4 Å². The molecule has 4 aliphatic carbocycles. The molecule has 0 amide bonds. The summed E-state index contributed by atoms with van der Waals surface area (Å²) in [6.07, 6.45) is 19.0. The largest absolute Gasteiger partial charge is 0.478 e. The molecule has 6 rings (SSSR count). The molecule has 4 aliphatic rings. The number of benzene rings is 2. The van der Waals surface area contributed by atoms with Crippen LogP contribution in [-0.2, 0) is 4.79 Å². The summed E-state index contributed by atoms with van der Waals surface area (Å²) in [6, 6.07) is 11.6. The topological polar surface area (TPSA) is 98.6 Å². The third-order valence-corrected chi connectivity index (χ3v) is 14.0. The van der Waals surface area contributed by atoms with Gasteiger partial charge in [0.25, 0.3) is 0 Å². The molecule has 2 aromatic carbocycles. The first-order valence-electron chi connectivity index (χ1n) is 18.8. The summed E-state index contributed by atoms with van der Waals surface area (Å²) in [6.45, 7) is 12.6. The lowest BCUT2D eigenvalue weighted by atomic mass is 9.42. The van der Waals surface area contributed by atoms with Crippen LogP contribution in [-0.4, -0.2) is 11.1 Å². The third-order valence-electron chi connectivity index (χ3n) is 14.0. The number of rotatable bonds is 10. The van der Waals surface area contributed by atoms with Crippen molar-refractivity contribution in [3.8, 4) is 11.5 Å². The molecule has 0 radical (unpaired) electrons. The van der Waals surface area contributed by atoms with Crippen molar-refractivity contribution < 1.29 is 14.6 Å². The lowest BCUT2D eigenvalue weighted by molar-refractivity contribution is -0.131. The zero-order valence-electron chi connectivity index (χ0n) is 29.6. The molecule has 5 N–H and O–H groups in total. The molecule has 0 bridgehead atoms. The minimum absolute atomic E-state index is 0.170. The first-order valence-corrected chi connectivity index (χ1v) is 18.8. The van der Waals surface area contributed by atoms with E-state index in [1.54, 1.807) is 12.1 Å². The molecule has 2 aromatic rings. The van der Waals surface area contributed by atoms with Crippen molar-refractivity contribution in [1.29, 1.82) is 0 Å². The lowest BCUT2D eigenvalue weighted by Gasteiger charge is -2.63. The SMILES string of the molecule is CC(C)CCC[C@@H](C)[C@H]1CC[C@H]2[C@@H]3CCC4CCCC(c5cc(/C=C/C(=O)O)ccc5Oc5ccc(N)cc5N)[C@]4(C)[C@H]3CC[C@]12C. The van der Waals surface area contributed by atoms with E-state index in [9.17, 15) is 9.90 Å². The predicted molar refractivity (Wildman–Crippen MR) is 194 cm³/mol. The maximum Gasteiger partial charge on any atom is 0.328 e. The Morgan fingerprint density at radius 2 is 1.72 bits per heavy atom. The predicted octanol–water partition coefficient (Wildman–Crippen LogP) is 10.9. The number of hydrogen-bond acceptors (Lipinski definition) is 4. The van der Waals surface area contributed by atoms with E-state index in [0.717, 1.165) is 47.3 Å². The van der Waals surface area contributed by atoms with Crippen LogP contribution in [0, 0.1) is 52.3 Å². The summed E-state index contributed by atoms with van der Waals surface area (Å²) in [5, 5.41) is 9.40. The smallest absolute Gasteiger partial charge is 0.328 e. The van der Waals surface area contributed by atoms with Gasteiger partial charge in [-0.1, -0.05) is 66.4 Å². The maximum atomic E-state index is 11.5. The number of carboxylic acids is 1. The molecular formula is C42H60N2O3. The lowest BCUT2D eigenvalue weighted by Crippen LogP contribution is -2.55. The van der Waals surface area contributed by atoms with E-state index in [0.29, 0.717) is 40.3 Å². The Kier molecular flexibility index (Phi) is 9.76. The van der Waals surface area contributed by atoms with Crippen LogP contribution in [0.4, 0.5) is 11.4 Å². The van der Waals surface area contributed by atoms with Crippen molar-refractivity contribution in [2.45, 2.75) is 118 Å².